The van der Waals surface area contributed by atoms with Gasteiger partial charge in [-0.05, 0) is 25.7 Å². The van der Waals surface area contributed by atoms with Crippen molar-refractivity contribution in [3.8, 4) is 6.07 Å². The maximum absolute atomic E-state index is 12.4. The van der Waals surface area contributed by atoms with Gasteiger partial charge in [0.25, 0.3) is 0 Å². The van der Waals surface area contributed by atoms with Crippen molar-refractivity contribution in [2.75, 3.05) is 66.8 Å². The van der Waals surface area contributed by atoms with Crippen LogP contribution in [0.25, 0.3) is 0 Å². The van der Waals surface area contributed by atoms with Gasteiger partial charge in [-0.3, -0.25) is 24.1 Å². The molecule has 1 fully saturated rings. The van der Waals surface area contributed by atoms with Gasteiger partial charge in [-0.1, -0.05) is 0 Å². The fraction of sp³-hybridized carbons (Fsp3) is 0.708. The fourth-order valence-corrected chi connectivity index (χ4v) is 4.79. The fourth-order valence-electron chi connectivity index (χ4n) is 3.75. The molecule has 0 aromatic carbocycles. The van der Waals surface area contributed by atoms with Gasteiger partial charge in [-0.25, -0.2) is 9.59 Å². The summed E-state index contributed by atoms with van der Waals surface area (Å²) in [7, 11) is 1.08. The molecule has 0 heterocycles. The molecule has 17 heteroatoms. The van der Waals surface area contributed by atoms with Crippen LogP contribution in [0.4, 0.5) is 0 Å². The number of hydrogen-bond acceptors (Lipinski definition) is 12. The van der Waals surface area contributed by atoms with Crippen molar-refractivity contribution in [1.29, 1.82) is 5.26 Å². The Morgan fingerprint density at radius 2 is 1.29 bits per heavy atom. The zero-order valence-corrected chi connectivity index (χ0v) is 24.5. The van der Waals surface area contributed by atoms with Crippen LogP contribution in [0.5, 0.6) is 0 Å². The predicted molar refractivity (Wildman–Crippen MR) is 144 cm³/mol. The molecule has 1 rings (SSSR count). The predicted octanol–water partition coefficient (Wildman–Crippen LogP) is -1.70. The molecular weight excluding hydrogens is 563 g/mol. The number of hydrogen-bond donors (Lipinski definition) is 4. The number of amides is 4. The third-order valence-corrected chi connectivity index (χ3v) is 7.02. The van der Waals surface area contributed by atoms with E-state index in [4.69, 9.17) is 14.3 Å². The van der Waals surface area contributed by atoms with E-state index >= 15 is 0 Å². The van der Waals surface area contributed by atoms with E-state index in [1.165, 1.54) is 0 Å². The molecule has 0 saturated heterocycles. The minimum atomic E-state index is -1.08. The van der Waals surface area contributed by atoms with Gasteiger partial charge in [-0.15, -0.1) is 0 Å². The average Bonchev–Trinajstić information content (AvgIpc) is 2.96. The lowest BCUT2D eigenvalue weighted by atomic mass is 9.93. The number of esters is 2. The summed E-state index contributed by atoms with van der Waals surface area (Å²) in [6.07, 6.45) is 3.00. The lowest BCUT2D eigenvalue weighted by Gasteiger charge is -2.30. The number of methoxy groups -OCH3 is 2. The second kappa shape index (κ2) is 20.5. The Labute approximate surface area is 240 Å². The Balaban J connectivity index is 2.43. The third kappa shape index (κ3) is 15.3. The summed E-state index contributed by atoms with van der Waals surface area (Å²) < 4.78 is 20.0. The number of carbonyl (C=O) groups is 6. The number of nitrogens with one attached hydrogen (secondary N) is 4. The van der Waals surface area contributed by atoms with Crippen molar-refractivity contribution in [1.82, 2.24) is 26.2 Å². The smallest absolute Gasteiger partial charge is 0.396 e. The molecule has 0 bridgehead atoms. The Morgan fingerprint density at radius 3 is 1.76 bits per heavy atom. The Bertz CT molecular complexity index is 904. The van der Waals surface area contributed by atoms with E-state index in [1.54, 1.807) is 4.90 Å². The molecular formula is C24H39N6O10P. The zero-order chi connectivity index (χ0) is 30.6. The minimum absolute atomic E-state index is 0.00374. The summed E-state index contributed by atoms with van der Waals surface area (Å²) in [5.74, 6) is -5.48. The standard InChI is InChI=1S/C24H39N6O10P/c1-37-23(35)21(33)27-11-14-30(15-12-28-22(34)24(36)38-2)13-10-26-19(31)20(32)29-17-5-7-18(8-6-17)40-41(3)39-16-4-9-25/h17-18H,4-8,10-16H2,1-3H3,(H,26,31)(H,27,33)(H,28,34)(H,29,32). The first-order chi connectivity index (χ1) is 19.6. The van der Waals surface area contributed by atoms with Crippen molar-refractivity contribution >= 4 is 43.9 Å². The van der Waals surface area contributed by atoms with Crippen LogP contribution in [0.2, 0.25) is 0 Å². The van der Waals surface area contributed by atoms with Gasteiger partial charge in [0.15, 0.2) is 8.38 Å². The average molecular weight is 603 g/mol. The van der Waals surface area contributed by atoms with Crippen molar-refractivity contribution < 1.29 is 47.3 Å². The summed E-state index contributed by atoms with van der Waals surface area (Å²) in [6.45, 7) is 3.06. The number of rotatable bonds is 15. The molecule has 230 valence electrons. The second-order valence-electron chi connectivity index (χ2n) is 8.83. The second-order valence-corrected chi connectivity index (χ2v) is 10.2. The third-order valence-electron chi connectivity index (χ3n) is 5.88. The highest BCUT2D eigenvalue weighted by Gasteiger charge is 2.26. The highest BCUT2D eigenvalue weighted by molar-refractivity contribution is 7.46. The van der Waals surface area contributed by atoms with E-state index in [9.17, 15) is 28.8 Å². The monoisotopic (exact) mass is 602 g/mol. The summed E-state index contributed by atoms with van der Waals surface area (Å²) in [5, 5.41) is 18.6. The first-order valence-corrected chi connectivity index (χ1v) is 14.7. The van der Waals surface area contributed by atoms with E-state index in [1.807, 2.05) is 12.7 Å². The Kier molecular flexibility index (Phi) is 17.8. The lowest BCUT2D eigenvalue weighted by Crippen LogP contribution is -2.48. The van der Waals surface area contributed by atoms with Crippen molar-refractivity contribution in [3.05, 3.63) is 0 Å². The molecule has 4 amide bonds. The normalized spacial score (nSPS) is 17.0. The topological polar surface area (TPSA) is 214 Å². The zero-order valence-electron chi connectivity index (χ0n) is 23.6. The van der Waals surface area contributed by atoms with Crippen LogP contribution >= 0.6 is 8.38 Å². The van der Waals surface area contributed by atoms with Gasteiger partial charge < -0.3 is 39.8 Å². The molecule has 0 aromatic heterocycles. The van der Waals surface area contributed by atoms with E-state index in [0.29, 0.717) is 38.7 Å². The van der Waals surface area contributed by atoms with E-state index < -0.39 is 43.9 Å². The van der Waals surface area contributed by atoms with E-state index in [2.05, 4.69) is 30.7 Å². The summed E-state index contributed by atoms with van der Waals surface area (Å²) in [4.78, 5) is 72.1. The minimum Gasteiger partial charge on any atom is -0.462 e. The summed E-state index contributed by atoms with van der Waals surface area (Å²) >= 11 is 0. The van der Waals surface area contributed by atoms with E-state index in [-0.39, 0.29) is 51.4 Å². The van der Waals surface area contributed by atoms with Crippen LogP contribution < -0.4 is 21.3 Å². The maximum Gasteiger partial charge on any atom is 0.396 e. The molecule has 0 spiro atoms. The first-order valence-electron chi connectivity index (χ1n) is 13.0. The first kappa shape index (κ1) is 35.6. The Hall–Kier alpha value is -3.38. The van der Waals surface area contributed by atoms with Crippen LogP contribution in [0.1, 0.15) is 32.1 Å². The molecule has 0 aliphatic heterocycles. The van der Waals surface area contributed by atoms with Crippen LogP contribution in [0.3, 0.4) is 0 Å². The maximum atomic E-state index is 12.4. The van der Waals surface area contributed by atoms with E-state index in [0.717, 1.165) is 14.2 Å². The SMILES string of the molecule is COC(=O)C(=O)NCCN(CCNC(=O)C(=O)NC1CCC(OP(C)OCCC#N)CC1)CCNC(=O)C(=O)OC. The number of carbonyl (C=O) groups excluding carboxylic acids is 6. The van der Waals surface area contributed by atoms with Crippen LogP contribution in [0, 0.1) is 11.3 Å². The number of nitrogens with zero attached hydrogens (tertiary/aromatic N) is 2. The Morgan fingerprint density at radius 1 is 0.805 bits per heavy atom. The van der Waals surface area contributed by atoms with Gasteiger partial charge in [-0.2, -0.15) is 5.26 Å². The molecule has 1 aliphatic carbocycles. The molecule has 4 N–H and O–H groups in total. The molecule has 1 aliphatic rings. The van der Waals surface area contributed by atoms with Crippen LogP contribution in [0.15, 0.2) is 0 Å². The van der Waals surface area contributed by atoms with Crippen molar-refractivity contribution in [2.24, 2.45) is 0 Å². The van der Waals surface area contributed by atoms with Gasteiger partial charge >= 0.3 is 35.6 Å². The highest BCUT2D eigenvalue weighted by atomic mass is 31.2. The molecule has 1 saturated carbocycles. The molecule has 1 unspecified atom stereocenters. The highest BCUT2D eigenvalue weighted by Crippen LogP contribution is 2.38. The summed E-state index contributed by atoms with van der Waals surface area (Å²) in [5.41, 5.74) is 0. The van der Waals surface area contributed by atoms with Gasteiger partial charge in [0, 0.05) is 52.0 Å². The van der Waals surface area contributed by atoms with Crippen LogP contribution in [-0.4, -0.2) is 119 Å². The molecule has 0 radical (unpaired) electrons. The molecule has 16 nitrogen and oxygen atoms in total. The van der Waals surface area contributed by atoms with Crippen molar-refractivity contribution in [3.63, 3.8) is 0 Å². The van der Waals surface area contributed by atoms with Gasteiger partial charge in [0.2, 0.25) is 0 Å². The van der Waals surface area contributed by atoms with Crippen LogP contribution in [-0.2, 0) is 47.3 Å². The summed E-state index contributed by atoms with van der Waals surface area (Å²) in [6, 6.07) is 1.85. The number of nitriles is 1. The lowest BCUT2D eigenvalue weighted by molar-refractivity contribution is -0.152. The quantitative estimate of drug-likeness (QED) is 0.0714. The number of ether oxygens (including phenoxy) is 2. The van der Waals surface area contributed by atoms with Crippen molar-refractivity contribution in [2.45, 2.75) is 44.2 Å². The molecule has 41 heavy (non-hydrogen) atoms. The largest absolute Gasteiger partial charge is 0.462 e. The molecule has 1 atom stereocenters. The van der Waals surface area contributed by atoms with Gasteiger partial charge in [0.05, 0.1) is 39.4 Å². The van der Waals surface area contributed by atoms with Gasteiger partial charge in [0.1, 0.15) is 0 Å². The molecule has 0 aromatic rings.